The lowest BCUT2D eigenvalue weighted by Crippen LogP contribution is -2.40. The molecular weight excluding hydrogens is 366 g/mol. The van der Waals surface area contributed by atoms with E-state index in [0.717, 1.165) is 6.07 Å². The molecule has 2 N–H and O–H groups in total. The van der Waals surface area contributed by atoms with Crippen LogP contribution >= 0.6 is 0 Å². The van der Waals surface area contributed by atoms with E-state index in [1.54, 1.807) is 23.1 Å². The van der Waals surface area contributed by atoms with E-state index in [9.17, 15) is 14.4 Å². The van der Waals surface area contributed by atoms with Crippen molar-refractivity contribution in [3.05, 3.63) is 51.9 Å². The summed E-state index contributed by atoms with van der Waals surface area (Å²) in [6.07, 6.45) is 1.31. The molecule has 1 aliphatic rings. The Morgan fingerprint density at radius 1 is 1.11 bits per heavy atom. The molecule has 1 saturated heterocycles. The second kappa shape index (κ2) is 8.57. The summed E-state index contributed by atoms with van der Waals surface area (Å²) in [5, 5.41) is 2.67. The van der Waals surface area contributed by atoms with Gasteiger partial charge >= 0.3 is 0 Å². The largest absolute Gasteiger partial charge is 0.495 e. The van der Waals surface area contributed by atoms with Gasteiger partial charge in [0.25, 0.3) is 11.8 Å². The van der Waals surface area contributed by atoms with Gasteiger partial charge in [0.1, 0.15) is 11.4 Å². The number of methoxy groups -OCH3 is 2. The number of rotatable bonds is 5. The van der Waals surface area contributed by atoms with Crippen LogP contribution in [0, 0.1) is 0 Å². The van der Waals surface area contributed by atoms with Gasteiger partial charge in [0.2, 0.25) is 5.43 Å². The standard InChI is InChI=1S/C19H21N3O6/c1-26-16-4-3-12(19(25)22-5-7-28-8-6-22)9-13(16)21-18(24)14-10-15(23)17(27-2)11-20-14/h3-4,9-11H,5-8H2,1-2H3,(H,20,23)(H,21,24). The van der Waals surface area contributed by atoms with Crippen molar-refractivity contribution >= 4 is 17.5 Å². The normalized spacial score (nSPS) is 13.7. The summed E-state index contributed by atoms with van der Waals surface area (Å²) >= 11 is 0. The summed E-state index contributed by atoms with van der Waals surface area (Å²) in [5.41, 5.74) is 0.372. The highest BCUT2D eigenvalue weighted by molar-refractivity contribution is 6.05. The van der Waals surface area contributed by atoms with Crippen LogP contribution in [0.5, 0.6) is 11.5 Å². The van der Waals surface area contributed by atoms with E-state index in [-0.39, 0.29) is 17.4 Å². The highest BCUT2D eigenvalue weighted by atomic mass is 16.5. The van der Waals surface area contributed by atoms with E-state index < -0.39 is 11.3 Å². The molecule has 1 fully saturated rings. The van der Waals surface area contributed by atoms with E-state index in [0.29, 0.717) is 43.3 Å². The first kappa shape index (κ1) is 19.4. The van der Waals surface area contributed by atoms with Crippen LogP contribution in [0.15, 0.2) is 35.3 Å². The number of nitrogens with one attached hydrogen (secondary N) is 2. The van der Waals surface area contributed by atoms with Crippen LogP contribution in [0.25, 0.3) is 0 Å². The third kappa shape index (κ3) is 4.15. The van der Waals surface area contributed by atoms with Crippen molar-refractivity contribution in [2.45, 2.75) is 0 Å². The highest BCUT2D eigenvalue weighted by Gasteiger charge is 2.20. The monoisotopic (exact) mass is 387 g/mol. The maximum atomic E-state index is 12.7. The molecule has 0 aliphatic carbocycles. The van der Waals surface area contributed by atoms with Crippen LogP contribution in [-0.2, 0) is 4.74 Å². The molecule has 2 heterocycles. The van der Waals surface area contributed by atoms with E-state index in [2.05, 4.69) is 10.3 Å². The zero-order chi connectivity index (χ0) is 20.1. The number of aromatic nitrogens is 1. The fourth-order valence-corrected chi connectivity index (χ4v) is 2.83. The molecule has 0 bridgehead atoms. The highest BCUT2D eigenvalue weighted by Crippen LogP contribution is 2.26. The number of carbonyl (C=O) groups excluding carboxylic acids is 2. The lowest BCUT2D eigenvalue weighted by molar-refractivity contribution is 0.0303. The number of nitrogens with zero attached hydrogens (tertiary/aromatic N) is 1. The van der Waals surface area contributed by atoms with Gasteiger partial charge < -0.3 is 29.4 Å². The summed E-state index contributed by atoms with van der Waals surface area (Å²) in [6.45, 7) is 2.02. The number of anilines is 1. The Kier molecular flexibility index (Phi) is 5.95. The van der Waals surface area contributed by atoms with Gasteiger partial charge in [-0.2, -0.15) is 0 Å². The minimum Gasteiger partial charge on any atom is -0.495 e. The summed E-state index contributed by atoms with van der Waals surface area (Å²) in [4.78, 5) is 41.5. The van der Waals surface area contributed by atoms with Crippen molar-refractivity contribution in [1.29, 1.82) is 0 Å². The van der Waals surface area contributed by atoms with E-state index in [1.165, 1.54) is 20.4 Å². The van der Waals surface area contributed by atoms with Gasteiger partial charge in [-0.05, 0) is 18.2 Å². The second-order valence-electron chi connectivity index (χ2n) is 6.05. The fraction of sp³-hybridized carbons (Fsp3) is 0.316. The van der Waals surface area contributed by atoms with Gasteiger partial charge in [-0.1, -0.05) is 0 Å². The van der Waals surface area contributed by atoms with Gasteiger partial charge in [-0.25, -0.2) is 0 Å². The topological polar surface area (TPSA) is 110 Å². The zero-order valence-electron chi connectivity index (χ0n) is 15.6. The van der Waals surface area contributed by atoms with E-state index >= 15 is 0 Å². The predicted octanol–water partition coefficient (Wildman–Crippen LogP) is 1.12. The minimum absolute atomic E-state index is 0.0535. The number of carbonyl (C=O) groups is 2. The molecule has 1 aliphatic heterocycles. The smallest absolute Gasteiger partial charge is 0.272 e. The Labute approximate surface area is 161 Å². The molecule has 9 nitrogen and oxygen atoms in total. The average Bonchev–Trinajstić information content (AvgIpc) is 2.73. The predicted molar refractivity (Wildman–Crippen MR) is 101 cm³/mol. The number of hydrogen-bond acceptors (Lipinski definition) is 6. The third-order valence-electron chi connectivity index (χ3n) is 4.33. The molecule has 0 radical (unpaired) electrons. The number of benzene rings is 1. The first-order valence-electron chi connectivity index (χ1n) is 8.66. The number of pyridine rings is 1. The second-order valence-corrected chi connectivity index (χ2v) is 6.05. The fourth-order valence-electron chi connectivity index (χ4n) is 2.83. The average molecular weight is 387 g/mol. The Hall–Kier alpha value is -3.33. The summed E-state index contributed by atoms with van der Waals surface area (Å²) in [7, 11) is 2.83. The Balaban J connectivity index is 1.83. The molecule has 2 aromatic rings. The van der Waals surface area contributed by atoms with E-state index in [1.807, 2.05) is 0 Å². The molecule has 0 saturated carbocycles. The third-order valence-corrected chi connectivity index (χ3v) is 4.33. The maximum absolute atomic E-state index is 12.7. The van der Waals surface area contributed by atoms with Crippen LogP contribution < -0.4 is 20.2 Å². The molecule has 0 unspecified atom stereocenters. The number of aromatic amines is 1. The van der Waals surface area contributed by atoms with E-state index in [4.69, 9.17) is 14.2 Å². The molecule has 3 rings (SSSR count). The molecule has 2 amide bonds. The number of H-pyrrole nitrogens is 1. The number of ether oxygens (including phenoxy) is 3. The summed E-state index contributed by atoms with van der Waals surface area (Å²) in [6, 6.07) is 5.95. The van der Waals surface area contributed by atoms with Crippen LogP contribution in [0.1, 0.15) is 20.8 Å². The summed E-state index contributed by atoms with van der Waals surface area (Å²) < 4.78 is 15.4. The minimum atomic E-state index is -0.547. The van der Waals surface area contributed by atoms with Crippen molar-refractivity contribution in [2.24, 2.45) is 0 Å². The van der Waals surface area contributed by atoms with Crippen molar-refractivity contribution in [1.82, 2.24) is 9.88 Å². The lowest BCUT2D eigenvalue weighted by atomic mass is 10.1. The molecule has 1 aromatic carbocycles. The lowest BCUT2D eigenvalue weighted by Gasteiger charge is -2.27. The van der Waals surface area contributed by atoms with Crippen LogP contribution in [0.2, 0.25) is 0 Å². The molecule has 0 atom stereocenters. The molecule has 148 valence electrons. The molecule has 0 spiro atoms. The quantitative estimate of drug-likeness (QED) is 0.796. The Morgan fingerprint density at radius 3 is 2.46 bits per heavy atom. The number of morpholine rings is 1. The molecular formula is C19H21N3O6. The van der Waals surface area contributed by atoms with Gasteiger partial charge in [0.15, 0.2) is 5.75 Å². The van der Waals surface area contributed by atoms with Crippen molar-refractivity contribution in [3.8, 4) is 11.5 Å². The van der Waals surface area contributed by atoms with Crippen molar-refractivity contribution < 1.29 is 23.8 Å². The van der Waals surface area contributed by atoms with Crippen molar-refractivity contribution in [3.63, 3.8) is 0 Å². The maximum Gasteiger partial charge on any atom is 0.272 e. The van der Waals surface area contributed by atoms with Crippen molar-refractivity contribution in [2.75, 3.05) is 45.8 Å². The number of amides is 2. The SMILES string of the molecule is COc1ccc(C(=O)N2CCOCC2)cc1NC(=O)c1cc(=O)c(OC)c[nH]1. The summed E-state index contributed by atoms with van der Waals surface area (Å²) in [5.74, 6) is -0.205. The first-order valence-corrected chi connectivity index (χ1v) is 8.66. The molecule has 1 aromatic heterocycles. The Bertz CT molecular complexity index is 934. The van der Waals surface area contributed by atoms with Crippen LogP contribution in [-0.4, -0.2) is 62.2 Å². The molecule has 28 heavy (non-hydrogen) atoms. The zero-order valence-corrected chi connectivity index (χ0v) is 15.6. The molecule has 9 heteroatoms. The first-order chi connectivity index (χ1) is 13.5. The van der Waals surface area contributed by atoms with Crippen LogP contribution in [0.4, 0.5) is 5.69 Å². The van der Waals surface area contributed by atoms with Gasteiger partial charge in [-0.3, -0.25) is 14.4 Å². The van der Waals surface area contributed by atoms with Crippen LogP contribution in [0.3, 0.4) is 0 Å². The Morgan fingerprint density at radius 2 is 1.82 bits per heavy atom. The van der Waals surface area contributed by atoms with Gasteiger partial charge in [0, 0.05) is 30.9 Å². The van der Waals surface area contributed by atoms with Gasteiger partial charge in [-0.15, -0.1) is 0 Å². The number of hydrogen-bond donors (Lipinski definition) is 2. The van der Waals surface area contributed by atoms with Gasteiger partial charge in [0.05, 0.1) is 33.1 Å².